The quantitative estimate of drug-likeness (QED) is 0.461. The van der Waals surface area contributed by atoms with Crippen molar-refractivity contribution in [3.05, 3.63) is 91.8 Å². The van der Waals surface area contributed by atoms with Crippen molar-refractivity contribution in [2.45, 2.75) is 13.5 Å². The van der Waals surface area contributed by atoms with E-state index in [2.05, 4.69) is 26.2 Å². The molecule has 0 unspecified atom stereocenters. The van der Waals surface area contributed by atoms with E-state index in [0.717, 1.165) is 5.56 Å². The third-order valence-electron chi connectivity index (χ3n) is 4.23. The molecule has 0 atom stereocenters. The van der Waals surface area contributed by atoms with E-state index in [0.29, 0.717) is 32.1 Å². The molecule has 0 aliphatic heterocycles. The Morgan fingerprint density at radius 2 is 2.07 bits per heavy atom. The molecule has 0 radical (unpaired) electrons. The maximum absolute atomic E-state index is 12.7. The van der Waals surface area contributed by atoms with Crippen LogP contribution in [0.3, 0.4) is 0 Å². The van der Waals surface area contributed by atoms with Crippen LogP contribution in [0, 0.1) is 6.92 Å². The number of aromatic nitrogens is 2. The molecule has 6 nitrogen and oxygen atoms in total. The molecule has 0 spiro atoms. The summed E-state index contributed by atoms with van der Waals surface area (Å²) in [5, 5.41) is 4.71. The maximum atomic E-state index is 12.7. The Morgan fingerprint density at radius 3 is 2.90 bits per heavy atom. The second-order valence-electron chi connectivity index (χ2n) is 6.36. The van der Waals surface area contributed by atoms with Gasteiger partial charge in [-0.25, -0.2) is 4.98 Å². The zero-order chi connectivity index (χ0) is 20.4. The number of halogens is 1. The summed E-state index contributed by atoms with van der Waals surface area (Å²) in [6.07, 6.45) is 1.69. The predicted octanol–water partition coefficient (Wildman–Crippen LogP) is 4.66. The molecule has 29 heavy (non-hydrogen) atoms. The highest BCUT2D eigenvalue weighted by molar-refractivity contribution is 9.10. The van der Waals surface area contributed by atoms with Gasteiger partial charge in [0.05, 0.1) is 16.9 Å². The Kier molecular flexibility index (Phi) is 5.46. The molecular weight excluding hydrogens is 454 g/mol. The van der Waals surface area contributed by atoms with Crippen LogP contribution in [0.5, 0.6) is 5.75 Å². The number of hydrogen-bond donors (Lipinski definition) is 1. The molecule has 1 N–H and O–H groups in total. The van der Waals surface area contributed by atoms with Gasteiger partial charge in [-0.2, -0.15) is 0 Å². The summed E-state index contributed by atoms with van der Waals surface area (Å²) < 4.78 is 8.09. The summed E-state index contributed by atoms with van der Waals surface area (Å²) in [6, 6.07) is 14.2. The summed E-state index contributed by atoms with van der Waals surface area (Å²) >= 11 is 4.78. The van der Waals surface area contributed by atoms with E-state index in [4.69, 9.17) is 4.74 Å². The molecule has 4 rings (SSSR count). The highest BCUT2D eigenvalue weighted by Gasteiger charge is 2.13. The van der Waals surface area contributed by atoms with Crippen molar-refractivity contribution in [2.75, 3.05) is 5.32 Å². The van der Waals surface area contributed by atoms with E-state index in [1.54, 1.807) is 24.4 Å². The van der Waals surface area contributed by atoms with Gasteiger partial charge in [-0.1, -0.05) is 18.2 Å². The number of carbonyl (C=O) groups excluding carboxylic acids is 1. The van der Waals surface area contributed by atoms with Crippen molar-refractivity contribution in [2.24, 2.45) is 0 Å². The SMILES string of the molecule is Cc1ccc(OCc2cc(=O)n3ccsc3n2)c(NC(=O)c2ccccc2Br)c1. The van der Waals surface area contributed by atoms with Crippen LogP contribution in [-0.4, -0.2) is 15.3 Å². The predicted molar refractivity (Wildman–Crippen MR) is 117 cm³/mol. The van der Waals surface area contributed by atoms with Crippen LogP contribution >= 0.6 is 27.3 Å². The minimum atomic E-state index is -0.246. The average Bonchev–Trinajstić information content (AvgIpc) is 3.17. The van der Waals surface area contributed by atoms with Gasteiger partial charge in [0.1, 0.15) is 12.4 Å². The van der Waals surface area contributed by atoms with Crippen LogP contribution < -0.4 is 15.6 Å². The first-order valence-corrected chi connectivity index (χ1v) is 10.4. The normalized spacial score (nSPS) is 10.8. The lowest BCUT2D eigenvalue weighted by atomic mass is 10.1. The Hall–Kier alpha value is -2.97. The second kappa shape index (κ2) is 8.18. The minimum absolute atomic E-state index is 0.116. The molecule has 0 saturated carbocycles. The fourth-order valence-corrected chi connectivity index (χ4v) is 4.02. The molecule has 0 fully saturated rings. The molecule has 1 amide bonds. The zero-order valence-corrected chi connectivity index (χ0v) is 17.8. The number of rotatable bonds is 5. The van der Waals surface area contributed by atoms with Gasteiger partial charge in [-0.05, 0) is 52.7 Å². The van der Waals surface area contributed by atoms with Gasteiger partial charge in [0.15, 0.2) is 4.96 Å². The highest BCUT2D eigenvalue weighted by atomic mass is 79.9. The summed E-state index contributed by atoms with van der Waals surface area (Å²) in [6.45, 7) is 2.05. The molecule has 2 aromatic carbocycles. The van der Waals surface area contributed by atoms with E-state index >= 15 is 0 Å². The van der Waals surface area contributed by atoms with E-state index in [9.17, 15) is 9.59 Å². The highest BCUT2D eigenvalue weighted by Crippen LogP contribution is 2.28. The van der Waals surface area contributed by atoms with Crippen molar-refractivity contribution in [1.82, 2.24) is 9.38 Å². The number of benzene rings is 2. The van der Waals surface area contributed by atoms with Gasteiger partial charge < -0.3 is 10.1 Å². The molecule has 8 heteroatoms. The molecule has 4 aromatic rings. The lowest BCUT2D eigenvalue weighted by molar-refractivity contribution is 0.102. The van der Waals surface area contributed by atoms with E-state index in [-0.39, 0.29) is 18.1 Å². The van der Waals surface area contributed by atoms with Crippen molar-refractivity contribution >= 4 is 43.8 Å². The van der Waals surface area contributed by atoms with Crippen LogP contribution in [0.1, 0.15) is 21.6 Å². The number of thiazole rings is 1. The van der Waals surface area contributed by atoms with Crippen LogP contribution in [0.25, 0.3) is 4.96 Å². The average molecular weight is 470 g/mol. The zero-order valence-electron chi connectivity index (χ0n) is 15.4. The molecule has 0 aliphatic rings. The maximum Gasteiger partial charge on any atom is 0.258 e. The molecule has 2 heterocycles. The van der Waals surface area contributed by atoms with Crippen molar-refractivity contribution in [3.8, 4) is 5.75 Å². The standard InChI is InChI=1S/C21H16BrN3O3S/c1-13-6-7-18(17(10-13)24-20(27)15-4-2-3-5-16(15)22)28-12-14-11-19(26)25-8-9-29-21(25)23-14/h2-11H,12H2,1H3,(H,24,27). The fourth-order valence-electron chi connectivity index (χ4n) is 2.82. The lowest BCUT2D eigenvalue weighted by Gasteiger charge is -2.14. The number of hydrogen-bond acceptors (Lipinski definition) is 5. The van der Waals surface area contributed by atoms with Gasteiger partial charge in [0.25, 0.3) is 11.5 Å². The third kappa shape index (κ3) is 4.23. The molecule has 146 valence electrons. The minimum Gasteiger partial charge on any atom is -0.485 e. The fraction of sp³-hybridized carbons (Fsp3) is 0.0952. The number of nitrogens with one attached hydrogen (secondary N) is 1. The Balaban J connectivity index is 1.57. The third-order valence-corrected chi connectivity index (χ3v) is 5.68. The lowest BCUT2D eigenvalue weighted by Crippen LogP contribution is -2.15. The number of fused-ring (bicyclic) bond motifs is 1. The number of ether oxygens (including phenoxy) is 1. The Labute approximate surface area is 178 Å². The largest absolute Gasteiger partial charge is 0.485 e. The van der Waals surface area contributed by atoms with E-state index in [1.165, 1.54) is 21.8 Å². The number of aryl methyl sites for hydroxylation is 1. The molecule has 2 aromatic heterocycles. The molecular formula is C21H16BrN3O3S. The Morgan fingerprint density at radius 1 is 1.24 bits per heavy atom. The molecule has 0 saturated heterocycles. The van der Waals surface area contributed by atoms with Crippen molar-refractivity contribution in [1.29, 1.82) is 0 Å². The second-order valence-corrected chi connectivity index (χ2v) is 8.09. The van der Waals surface area contributed by atoms with Gasteiger partial charge in [-0.15, -0.1) is 11.3 Å². The number of amides is 1. The van der Waals surface area contributed by atoms with Crippen LogP contribution in [0.2, 0.25) is 0 Å². The first-order valence-electron chi connectivity index (χ1n) is 8.76. The van der Waals surface area contributed by atoms with Gasteiger partial charge >= 0.3 is 0 Å². The Bertz CT molecular complexity index is 1270. The van der Waals surface area contributed by atoms with Gasteiger partial charge in [-0.3, -0.25) is 14.0 Å². The van der Waals surface area contributed by atoms with Crippen LogP contribution in [0.15, 0.2) is 69.4 Å². The first kappa shape index (κ1) is 19.4. The van der Waals surface area contributed by atoms with Crippen LogP contribution in [0.4, 0.5) is 5.69 Å². The number of carbonyl (C=O) groups is 1. The van der Waals surface area contributed by atoms with Gasteiger partial charge in [0.2, 0.25) is 0 Å². The summed E-state index contributed by atoms with van der Waals surface area (Å²) in [7, 11) is 0. The summed E-state index contributed by atoms with van der Waals surface area (Å²) in [5.41, 5.74) is 2.44. The number of anilines is 1. The van der Waals surface area contributed by atoms with E-state index < -0.39 is 0 Å². The van der Waals surface area contributed by atoms with Gasteiger partial charge in [0, 0.05) is 22.1 Å². The van der Waals surface area contributed by atoms with Crippen LogP contribution in [-0.2, 0) is 6.61 Å². The van der Waals surface area contributed by atoms with Crippen molar-refractivity contribution < 1.29 is 9.53 Å². The monoisotopic (exact) mass is 469 g/mol. The first-order chi connectivity index (χ1) is 14.0. The summed E-state index contributed by atoms with van der Waals surface area (Å²) in [4.78, 5) is 29.9. The number of nitrogens with zero attached hydrogens (tertiary/aromatic N) is 2. The van der Waals surface area contributed by atoms with Crippen molar-refractivity contribution in [3.63, 3.8) is 0 Å². The summed E-state index contributed by atoms with van der Waals surface area (Å²) in [5.74, 6) is 0.258. The van der Waals surface area contributed by atoms with E-state index in [1.807, 2.05) is 36.6 Å². The smallest absolute Gasteiger partial charge is 0.258 e. The topological polar surface area (TPSA) is 72.7 Å². The molecule has 0 aliphatic carbocycles. The molecule has 0 bridgehead atoms.